The van der Waals surface area contributed by atoms with E-state index < -0.39 is 23.6 Å². The number of amides is 1. The second-order valence-electron chi connectivity index (χ2n) is 4.64. The first kappa shape index (κ1) is 15.6. The number of hydrogen-bond donors (Lipinski definition) is 2. The van der Waals surface area contributed by atoms with Gasteiger partial charge in [0.25, 0.3) is 0 Å². The normalized spacial score (nSPS) is 14.0. The molecule has 22 heavy (non-hydrogen) atoms. The number of esters is 2. The fourth-order valence-electron chi connectivity index (χ4n) is 2.24. The lowest BCUT2D eigenvalue weighted by molar-refractivity contribution is -0.137. The van der Waals surface area contributed by atoms with Crippen molar-refractivity contribution in [2.45, 2.75) is 13.3 Å². The fraction of sp³-hybridized carbons (Fsp3) is 0.357. The maximum absolute atomic E-state index is 12.0. The predicted octanol–water partition coefficient (Wildman–Crippen LogP) is 0.986. The summed E-state index contributed by atoms with van der Waals surface area (Å²) in [6, 6.07) is 0. The van der Waals surface area contributed by atoms with E-state index >= 15 is 0 Å². The van der Waals surface area contributed by atoms with Crippen molar-refractivity contribution < 1.29 is 29.0 Å². The van der Waals surface area contributed by atoms with E-state index in [1.165, 1.54) is 10.8 Å². The zero-order valence-electron chi connectivity index (χ0n) is 12.4. The van der Waals surface area contributed by atoms with Crippen LogP contribution in [0.15, 0.2) is 11.8 Å². The molecule has 0 bridgehead atoms. The van der Waals surface area contributed by atoms with Gasteiger partial charge in [-0.15, -0.1) is 0 Å². The summed E-state index contributed by atoms with van der Waals surface area (Å²) >= 11 is 0. The van der Waals surface area contributed by atoms with Crippen LogP contribution in [0.4, 0.5) is 5.82 Å². The van der Waals surface area contributed by atoms with Crippen molar-refractivity contribution in [2.75, 3.05) is 19.0 Å². The molecule has 1 aromatic rings. The van der Waals surface area contributed by atoms with Gasteiger partial charge in [0.2, 0.25) is 5.91 Å². The van der Waals surface area contributed by atoms with Crippen LogP contribution in [-0.2, 0) is 26.1 Å². The molecule has 0 aromatic carbocycles. The second kappa shape index (κ2) is 5.92. The Morgan fingerprint density at radius 2 is 2.09 bits per heavy atom. The molecular formula is C14H16N2O6. The minimum absolute atomic E-state index is 0.0483. The first-order valence-electron chi connectivity index (χ1n) is 6.57. The van der Waals surface area contributed by atoms with Crippen molar-refractivity contribution in [1.29, 1.82) is 0 Å². The Bertz CT molecular complexity index is 686. The third-order valence-electron chi connectivity index (χ3n) is 3.23. The molecule has 0 atom stereocenters. The van der Waals surface area contributed by atoms with E-state index in [-0.39, 0.29) is 35.5 Å². The molecule has 1 amide bonds. The number of aliphatic hydroxyl groups is 1. The maximum Gasteiger partial charge on any atom is 0.340 e. The standard InChI is InChI=1S/C14H16N2O6/c1-4-22-14(20)8-6-16(2)12-10(8)11(18)7(13(19)21-3)5-9(17)15-12/h6,18H,4-5H2,1-3H3,(H,15,17). The number of aryl methyl sites for hydroxylation is 1. The third-order valence-corrected chi connectivity index (χ3v) is 3.23. The molecule has 2 rings (SSSR count). The zero-order valence-corrected chi connectivity index (χ0v) is 12.4. The minimum Gasteiger partial charge on any atom is -0.507 e. The zero-order chi connectivity index (χ0) is 16.4. The van der Waals surface area contributed by atoms with Crippen LogP contribution in [0.25, 0.3) is 5.76 Å². The molecule has 1 aliphatic rings. The molecule has 0 radical (unpaired) electrons. The van der Waals surface area contributed by atoms with Crippen LogP contribution in [0.3, 0.4) is 0 Å². The molecule has 2 N–H and O–H groups in total. The molecule has 1 aliphatic heterocycles. The van der Waals surface area contributed by atoms with Gasteiger partial charge in [-0.3, -0.25) is 4.79 Å². The highest BCUT2D eigenvalue weighted by Gasteiger charge is 2.32. The van der Waals surface area contributed by atoms with Crippen LogP contribution in [0.1, 0.15) is 29.3 Å². The van der Waals surface area contributed by atoms with Gasteiger partial charge >= 0.3 is 11.9 Å². The second-order valence-corrected chi connectivity index (χ2v) is 4.64. The molecule has 1 aromatic heterocycles. The maximum atomic E-state index is 12.0. The quantitative estimate of drug-likeness (QED) is 0.806. The van der Waals surface area contributed by atoms with Gasteiger partial charge in [0.05, 0.1) is 36.8 Å². The number of nitrogens with zero attached hydrogens (tertiary/aromatic N) is 1. The van der Waals surface area contributed by atoms with Gasteiger partial charge in [-0.25, -0.2) is 9.59 Å². The molecule has 8 nitrogen and oxygen atoms in total. The number of aliphatic hydroxyl groups excluding tert-OH is 1. The van der Waals surface area contributed by atoms with Gasteiger partial charge in [-0.1, -0.05) is 0 Å². The average Bonchev–Trinajstić information content (AvgIpc) is 2.73. The van der Waals surface area contributed by atoms with E-state index in [1.54, 1.807) is 14.0 Å². The van der Waals surface area contributed by atoms with Gasteiger partial charge in [0, 0.05) is 13.2 Å². The smallest absolute Gasteiger partial charge is 0.340 e. The summed E-state index contributed by atoms with van der Waals surface area (Å²) in [5, 5.41) is 13.0. The van der Waals surface area contributed by atoms with Crippen LogP contribution in [0.2, 0.25) is 0 Å². The number of carbonyl (C=O) groups is 3. The summed E-state index contributed by atoms with van der Waals surface area (Å²) < 4.78 is 11.0. The van der Waals surface area contributed by atoms with Gasteiger partial charge in [0.1, 0.15) is 11.6 Å². The fourth-order valence-corrected chi connectivity index (χ4v) is 2.24. The van der Waals surface area contributed by atoms with Crippen molar-refractivity contribution in [2.24, 2.45) is 7.05 Å². The van der Waals surface area contributed by atoms with Gasteiger partial charge in [-0.05, 0) is 6.92 Å². The summed E-state index contributed by atoms with van der Waals surface area (Å²) in [5.74, 6) is -2.25. The number of methoxy groups -OCH3 is 1. The SMILES string of the molecule is CCOC(=O)c1cn(C)c2c1C(O)=C(C(=O)OC)CC(=O)N2. The van der Waals surface area contributed by atoms with Crippen molar-refractivity contribution in [3.05, 3.63) is 22.9 Å². The van der Waals surface area contributed by atoms with Crippen molar-refractivity contribution in [1.82, 2.24) is 4.57 Å². The summed E-state index contributed by atoms with van der Waals surface area (Å²) in [7, 11) is 2.74. The van der Waals surface area contributed by atoms with E-state index in [0.717, 1.165) is 7.11 Å². The van der Waals surface area contributed by atoms with Crippen LogP contribution in [0.5, 0.6) is 0 Å². The van der Waals surface area contributed by atoms with E-state index in [0.29, 0.717) is 0 Å². The van der Waals surface area contributed by atoms with Crippen LogP contribution in [0, 0.1) is 0 Å². The lowest BCUT2D eigenvalue weighted by Gasteiger charge is -2.07. The Balaban J connectivity index is 2.68. The van der Waals surface area contributed by atoms with Gasteiger partial charge in [-0.2, -0.15) is 0 Å². The van der Waals surface area contributed by atoms with E-state index in [9.17, 15) is 19.5 Å². The number of fused-ring (bicyclic) bond motifs is 1. The first-order chi connectivity index (χ1) is 10.4. The lowest BCUT2D eigenvalue weighted by Crippen LogP contribution is -2.16. The molecular weight excluding hydrogens is 292 g/mol. The highest BCUT2D eigenvalue weighted by Crippen LogP contribution is 2.34. The highest BCUT2D eigenvalue weighted by atomic mass is 16.5. The molecule has 0 saturated heterocycles. The number of anilines is 1. The van der Waals surface area contributed by atoms with Crippen molar-refractivity contribution in [3.8, 4) is 0 Å². The largest absolute Gasteiger partial charge is 0.507 e. The number of aromatic nitrogens is 1. The first-order valence-corrected chi connectivity index (χ1v) is 6.57. The monoisotopic (exact) mass is 308 g/mol. The van der Waals surface area contributed by atoms with Gasteiger partial charge < -0.3 is 24.5 Å². The molecule has 0 unspecified atom stereocenters. The summed E-state index contributed by atoms with van der Waals surface area (Å²) in [5.41, 5.74) is -0.108. The summed E-state index contributed by atoms with van der Waals surface area (Å²) in [6.07, 6.45) is 1.06. The molecule has 0 fully saturated rings. The molecule has 8 heteroatoms. The number of carbonyl (C=O) groups excluding carboxylic acids is 3. The molecule has 0 aliphatic carbocycles. The predicted molar refractivity (Wildman–Crippen MR) is 76.2 cm³/mol. The Morgan fingerprint density at radius 1 is 1.41 bits per heavy atom. The Kier molecular flexibility index (Phi) is 4.20. The van der Waals surface area contributed by atoms with E-state index in [2.05, 4.69) is 10.1 Å². The van der Waals surface area contributed by atoms with E-state index in [4.69, 9.17) is 4.74 Å². The Hall–Kier alpha value is -2.77. The minimum atomic E-state index is -0.834. The van der Waals surface area contributed by atoms with Crippen LogP contribution < -0.4 is 5.32 Å². The average molecular weight is 308 g/mol. The van der Waals surface area contributed by atoms with Crippen LogP contribution in [-0.4, -0.2) is 41.2 Å². The Labute approximate surface area is 126 Å². The molecule has 2 heterocycles. The number of nitrogens with one attached hydrogen (secondary N) is 1. The number of hydrogen-bond acceptors (Lipinski definition) is 6. The lowest BCUT2D eigenvalue weighted by atomic mass is 10.1. The topological polar surface area (TPSA) is 107 Å². The van der Waals surface area contributed by atoms with Gasteiger partial charge in [0.15, 0.2) is 0 Å². The summed E-state index contributed by atoms with van der Waals surface area (Å²) in [4.78, 5) is 35.7. The molecule has 0 saturated carbocycles. The third kappa shape index (κ3) is 2.54. The van der Waals surface area contributed by atoms with E-state index in [1.807, 2.05) is 0 Å². The highest BCUT2D eigenvalue weighted by molar-refractivity contribution is 6.10. The van der Waals surface area contributed by atoms with Crippen molar-refractivity contribution in [3.63, 3.8) is 0 Å². The number of rotatable bonds is 3. The summed E-state index contributed by atoms with van der Waals surface area (Å²) in [6.45, 7) is 1.81. The number of ether oxygens (including phenoxy) is 2. The van der Waals surface area contributed by atoms with Crippen LogP contribution >= 0.6 is 0 Å². The molecule has 118 valence electrons. The van der Waals surface area contributed by atoms with Crippen molar-refractivity contribution >= 4 is 29.4 Å². The molecule has 0 spiro atoms. The Morgan fingerprint density at radius 3 is 2.68 bits per heavy atom.